The van der Waals surface area contributed by atoms with Crippen LogP contribution in [0.25, 0.3) is 10.8 Å². The van der Waals surface area contributed by atoms with Crippen molar-refractivity contribution in [1.82, 2.24) is 0 Å². The lowest BCUT2D eigenvalue weighted by Crippen LogP contribution is -2.08. The van der Waals surface area contributed by atoms with E-state index >= 15 is 0 Å². The second kappa shape index (κ2) is 3.93. The highest BCUT2D eigenvalue weighted by Gasteiger charge is 2.17. The van der Waals surface area contributed by atoms with Crippen LogP contribution < -0.4 is 0 Å². The largest absolute Gasteiger partial charge is 0.481 e. The van der Waals surface area contributed by atoms with Gasteiger partial charge in [0.1, 0.15) is 5.82 Å². The van der Waals surface area contributed by atoms with Crippen molar-refractivity contribution in [3.05, 3.63) is 47.8 Å². The van der Waals surface area contributed by atoms with Crippen LogP contribution in [0.2, 0.25) is 0 Å². The Labute approximate surface area is 92.3 Å². The molecule has 3 heteroatoms. The number of halogens is 1. The van der Waals surface area contributed by atoms with Crippen LogP contribution in [-0.4, -0.2) is 11.1 Å². The van der Waals surface area contributed by atoms with Crippen LogP contribution in [0, 0.1) is 5.82 Å². The number of carboxylic acids is 1. The zero-order valence-corrected chi connectivity index (χ0v) is 8.77. The fraction of sp³-hybridized carbons (Fsp3) is 0.154. The number of rotatable bonds is 2. The van der Waals surface area contributed by atoms with E-state index in [4.69, 9.17) is 5.11 Å². The van der Waals surface area contributed by atoms with Gasteiger partial charge in [-0.1, -0.05) is 30.3 Å². The lowest BCUT2D eigenvalue weighted by molar-refractivity contribution is -0.138. The Bertz CT molecular complexity index is 549. The molecule has 0 aromatic heterocycles. The first-order chi connectivity index (χ1) is 7.61. The molecule has 2 nitrogen and oxygen atoms in total. The fourth-order valence-electron chi connectivity index (χ4n) is 1.80. The number of aliphatic carboxylic acids is 1. The predicted octanol–water partition coefficient (Wildman–Crippen LogP) is 3.17. The zero-order chi connectivity index (χ0) is 11.7. The lowest BCUT2D eigenvalue weighted by atomic mass is 9.95. The summed E-state index contributed by atoms with van der Waals surface area (Å²) < 4.78 is 13.5. The molecule has 0 bridgehead atoms. The van der Waals surface area contributed by atoms with Gasteiger partial charge >= 0.3 is 5.97 Å². The van der Waals surface area contributed by atoms with E-state index in [0.717, 1.165) is 0 Å². The van der Waals surface area contributed by atoms with Crippen LogP contribution in [0.4, 0.5) is 4.39 Å². The van der Waals surface area contributed by atoms with Gasteiger partial charge in [-0.25, -0.2) is 4.39 Å². The SMILES string of the molecule is CC(C(=O)O)c1ccc(F)c2ccccc12. The Morgan fingerprint density at radius 3 is 2.44 bits per heavy atom. The average molecular weight is 218 g/mol. The maximum absolute atomic E-state index is 13.5. The summed E-state index contributed by atoms with van der Waals surface area (Å²) in [5.74, 6) is -1.86. The van der Waals surface area contributed by atoms with E-state index in [2.05, 4.69) is 0 Å². The molecule has 0 spiro atoms. The molecule has 0 radical (unpaired) electrons. The summed E-state index contributed by atoms with van der Waals surface area (Å²) in [6, 6.07) is 9.77. The molecule has 0 fully saturated rings. The molecule has 2 rings (SSSR count). The summed E-state index contributed by atoms with van der Waals surface area (Å²) in [7, 11) is 0. The Kier molecular flexibility index (Phi) is 2.60. The summed E-state index contributed by atoms with van der Waals surface area (Å²) in [5.41, 5.74) is 0.643. The van der Waals surface area contributed by atoms with Crippen LogP contribution in [0.1, 0.15) is 18.4 Å². The smallest absolute Gasteiger partial charge is 0.310 e. The van der Waals surface area contributed by atoms with E-state index in [1.807, 2.05) is 0 Å². The average Bonchev–Trinajstić information content (AvgIpc) is 2.29. The minimum atomic E-state index is -0.906. The number of hydrogen-bond acceptors (Lipinski definition) is 1. The van der Waals surface area contributed by atoms with Crippen molar-refractivity contribution in [3.63, 3.8) is 0 Å². The third-order valence-corrected chi connectivity index (χ3v) is 2.74. The van der Waals surface area contributed by atoms with Crippen molar-refractivity contribution < 1.29 is 14.3 Å². The highest BCUT2D eigenvalue weighted by Crippen LogP contribution is 2.27. The summed E-state index contributed by atoms with van der Waals surface area (Å²) in [4.78, 5) is 10.9. The normalized spacial score (nSPS) is 12.6. The van der Waals surface area contributed by atoms with Gasteiger partial charge in [-0.3, -0.25) is 4.79 Å². The summed E-state index contributed by atoms with van der Waals surface area (Å²) >= 11 is 0. The minimum Gasteiger partial charge on any atom is -0.481 e. The van der Waals surface area contributed by atoms with Gasteiger partial charge in [0.15, 0.2) is 0 Å². The van der Waals surface area contributed by atoms with Crippen LogP contribution in [0.15, 0.2) is 36.4 Å². The maximum atomic E-state index is 13.5. The molecule has 0 heterocycles. The molecular weight excluding hydrogens is 207 g/mol. The molecular formula is C13H11FO2. The van der Waals surface area contributed by atoms with Crippen LogP contribution in [0.3, 0.4) is 0 Å². The van der Waals surface area contributed by atoms with Gasteiger partial charge < -0.3 is 5.11 Å². The summed E-state index contributed by atoms with van der Waals surface area (Å²) in [6.07, 6.45) is 0. The Balaban J connectivity index is 2.72. The first-order valence-electron chi connectivity index (χ1n) is 5.01. The van der Waals surface area contributed by atoms with Crippen LogP contribution in [0.5, 0.6) is 0 Å². The molecule has 1 N–H and O–H groups in total. The molecule has 2 aromatic carbocycles. The monoisotopic (exact) mass is 218 g/mol. The van der Waals surface area contributed by atoms with E-state index in [9.17, 15) is 9.18 Å². The molecule has 0 aliphatic carbocycles. The van der Waals surface area contributed by atoms with Crippen molar-refractivity contribution in [2.75, 3.05) is 0 Å². The Morgan fingerprint density at radius 1 is 1.19 bits per heavy atom. The highest BCUT2D eigenvalue weighted by atomic mass is 19.1. The van der Waals surface area contributed by atoms with Gasteiger partial charge in [-0.05, 0) is 23.9 Å². The molecule has 2 aromatic rings. The molecule has 16 heavy (non-hydrogen) atoms. The quantitative estimate of drug-likeness (QED) is 0.840. The van der Waals surface area contributed by atoms with Gasteiger partial charge in [0.2, 0.25) is 0 Å². The first kappa shape index (κ1) is 10.6. The minimum absolute atomic E-state index is 0.322. The molecule has 0 amide bonds. The van der Waals surface area contributed by atoms with Crippen molar-refractivity contribution >= 4 is 16.7 Å². The van der Waals surface area contributed by atoms with Gasteiger partial charge in [0, 0.05) is 5.39 Å². The second-order valence-corrected chi connectivity index (χ2v) is 3.74. The summed E-state index contributed by atoms with van der Waals surface area (Å²) in [6.45, 7) is 1.60. The zero-order valence-electron chi connectivity index (χ0n) is 8.77. The van der Waals surface area contributed by atoms with Crippen LogP contribution >= 0.6 is 0 Å². The third-order valence-electron chi connectivity index (χ3n) is 2.74. The van der Waals surface area contributed by atoms with Crippen molar-refractivity contribution in [3.8, 4) is 0 Å². The molecule has 1 atom stereocenters. The van der Waals surface area contributed by atoms with E-state index < -0.39 is 11.9 Å². The number of fused-ring (bicyclic) bond motifs is 1. The van der Waals surface area contributed by atoms with Crippen molar-refractivity contribution in [2.24, 2.45) is 0 Å². The molecule has 0 aliphatic heterocycles. The molecule has 0 aliphatic rings. The van der Waals surface area contributed by atoms with Crippen molar-refractivity contribution in [2.45, 2.75) is 12.8 Å². The van der Waals surface area contributed by atoms with E-state index in [1.165, 1.54) is 12.1 Å². The number of hydrogen-bond donors (Lipinski definition) is 1. The van der Waals surface area contributed by atoms with Gasteiger partial charge in [0.05, 0.1) is 5.92 Å². The number of carboxylic acid groups (broad SMARTS) is 1. The second-order valence-electron chi connectivity index (χ2n) is 3.74. The van der Waals surface area contributed by atoms with Gasteiger partial charge in [0.25, 0.3) is 0 Å². The maximum Gasteiger partial charge on any atom is 0.310 e. The van der Waals surface area contributed by atoms with E-state index in [0.29, 0.717) is 16.3 Å². The topological polar surface area (TPSA) is 37.3 Å². The highest BCUT2D eigenvalue weighted by molar-refractivity contribution is 5.90. The van der Waals surface area contributed by atoms with E-state index in [-0.39, 0.29) is 5.82 Å². The van der Waals surface area contributed by atoms with Crippen LogP contribution in [-0.2, 0) is 4.79 Å². The van der Waals surface area contributed by atoms with Gasteiger partial charge in [-0.15, -0.1) is 0 Å². The van der Waals surface area contributed by atoms with E-state index in [1.54, 1.807) is 31.2 Å². The number of benzene rings is 2. The van der Waals surface area contributed by atoms with Crippen molar-refractivity contribution in [1.29, 1.82) is 0 Å². The molecule has 0 saturated heterocycles. The standard InChI is InChI=1S/C13H11FO2/c1-8(13(15)16)9-6-7-12(14)11-5-3-2-4-10(9)11/h2-8H,1H3,(H,15,16). The van der Waals surface area contributed by atoms with Gasteiger partial charge in [-0.2, -0.15) is 0 Å². The fourth-order valence-corrected chi connectivity index (χ4v) is 1.80. The Morgan fingerprint density at radius 2 is 1.81 bits per heavy atom. The molecule has 82 valence electrons. The molecule has 1 unspecified atom stereocenters. The Hall–Kier alpha value is -1.90. The number of carbonyl (C=O) groups is 1. The predicted molar refractivity (Wildman–Crippen MR) is 60.0 cm³/mol. The first-order valence-corrected chi connectivity index (χ1v) is 5.01. The third kappa shape index (κ3) is 1.65. The molecule has 0 saturated carbocycles. The summed E-state index contributed by atoms with van der Waals surface area (Å²) in [5, 5.41) is 10.1. The lowest BCUT2D eigenvalue weighted by Gasteiger charge is -2.10.